The lowest BCUT2D eigenvalue weighted by Gasteiger charge is -2.37. The highest BCUT2D eigenvalue weighted by Gasteiger charge is 2.39. The van der Waals surface area contributed by atoms with Gasteiger partial charge < -0.3 is 25.3 Å². The van der Waals surface area contributed by atoms with Crippen LogP contribution in [-0.4, -0.2) is 77.7 Å². The Bertz CT molecular complexity index is 1790. The Kier molecular flexibility index (Phi) is 18.9. The number of nitrogens with one attached hydrogen (secondary N) is 4. The molecule has 298 valence electrons. The molecule has 0 radical (unpaired) electrons. The monoisotopic (exact) mass is 773 g/mol. The Labute approximate surface area is 330 Å². The molecule has 1 unspecified atom stereocenters. The molecule has 0 spiro atoms. The Morgan fingerprint density at radius 2 is 1.80 bits per heavy atom. The number of pyridine rings is 1. The largest absolute Gasteiger partial charge is 0.385 e. The van der Waals surface area contributed by atoms with E-state index in [-0.39, 0.29) is 36.2 Å². The van der Waals surface area contributed by atoms with Gasteiger partial charge in [0.05, 0.1) is 6.54 Å². The molecule has 4 N–H and O–H groups in total. The maximum absolute atomic E-state index is 12.9. The standard InChI is InChI=1S/C21H21NO2.C18H28N4O4S.C4H10/c1-24-13-7-3-4-8-16-11-12-18-15-20(17-9-5-2-6-10-17)22-21(23)19(18)14-16;1-3-9-18(2,17(26)21-27-13-7-8-13)20-16(25)14-6-4-5-10-22(14)15(24)11-19-12-23;1-4(2)3/h2,4-6,8-12,14-15H,3,7,13H2,1H3,(H,22,23);3,12-14H,1,4-11H2,2H3,(H,19,23)(H,20,25)(H,21,26);4H,1-3H3/b8-4+;;/t;14?,18-;/m.1./s1. The van der Waals surface area contributed by atoms with Crippen LogP contribution in [0.1, 0.15) is 84.6 Å². The Hall–Kier alpha value is -4.68. The molecule has 3 aromatic rings. The van der Waals surface area contributed by atoms with Gasteiger partial charge in [-0.25, -0.2) is 0 Å². The zero-order valence-electron chi connectivity index (χ0n) is 33.0. The van der Waals surface area contributed by atoms with E-state index < -0.39 is 11.6 Å². The SMILES string of the molecule is C=CC[C@@](C)(NC(=O)C1CCCCN1C(=O)CNC=O)C(=O)NSC1CC1.CC(C)C.COCCC/C=C/c1ccc2cc(-c3ccccc3)[nH]c(=O)c2c1. The molecule has 1 aliphatic heterocycles. The first-order valence-corrected chi connectivity index (χ1v) is 20.0. The van der Waals surface area contributed by atoms with Crippen LogP contribution in [0, 0.1) is 5.92 Å². The molecule has 2 aliphatic rings. The number of benzene rings is 2. The molecular weight excluding hydrogens is 715 g/mol. The van der Waals surface area contributed by atoms with Gasteiger partial charge in [0.15, 0.2) is 0 Å². The number of likely N-dealkylation sites (tertiary alicyclic amines) is 1. The second-order valence-corrected chi connectivity index (χ2v) is 15.8. The number of unbranched alkanes of at least 4 members (excludes halogenated alkanes) is 1. The molecule has 0 bridgehead atoms. The first kappa shape index (κ1) is 44.7. The number of H-pyrrole nitrogens is 1. The van der Waals surface area contributed by atoms with Gasteiger partial charge in [0.1, 0.15) is 11.6 Å². The number of ether oxygens (including phenoxy) is 1. The van der Waals surface area contributed by atoms with Gasteiger partial charge >= 0.3 is 0 Å². The summed E-state index contributed by atoms with van der Waals surface area (Å²) in [5.41, 5.74) is 1.71. The van der Waals surface area contributed by atoms with Gasteiger partial charge in [0.2, 0.25) is 18.2 Å². The predicted octanol–water partition coefficient (Wildman–Crippen LogP) is 6.79. The summed E-state index contributed by atoms with van der Waals surface area (Å²) < 4.78 is 7.86. The van der Waals surface area contributed by atoms with Crippen molar-refractivity contribution < 1.29 is 23.9 Å². The molecule has 2 atom stereocenters. The van der Waals surface area contributed by atoms with Crippen molar-refractivity contribution in [3.63, 3.8) is 0 Å². The molecule has 11 nitrogen and oxygen atoms in total. The first-order valence-electron chi connectivity index (χ1n) is 19.2. The van der Waals surface area contributed by atoms with Crippen LogP contribution in [0.15, 0.2) is 78.1 Å². The highest BCUT2D eigenvalue weighted by molar-refractivity contribution is 7.98. The third kappa shape index (κ3) is 15.2. The van der Waals surface area contributed by atoms with Crippen molar-refractivity contribution in [1.82, 2.24) is 25.2 Å². The van der Waals surface area contributed by atoms with Crippen LogP contribution in [-0.2, 0) is 23.9 Å². The van der Waals surface area contributed by atoms with E-state index in [0.29, 0.717) is 30.0 Å². The van der Waals surface area contributed by atoms with E-state index in [1.54, 1.807) is 20.1 Å². The smallest absolute Gasteiger partial charge is 0.256 e. The number of methoxy groups -OCH3 is 1. The molecule has 2 fully saturated rings. The molecule has 1 saturated carbocycles. The molecule has 5 rings (SSSR count). The van der Waals surface area contributed by atoms with E-state index in [1.807, 2.05) is 54.6 Å². The number of aromatic nitrogens is 1. The average molecular weight is 774 g/mol. The van der Waals surface area contributed by atoms with Gasteiger partial charge in [-0.15, -0.1) is 6.58 Å². The van der Waals surface area contributed by atoms with Crippen LogP contribution in [0.3, 0.4) is 0 Å². The van der Waals surface area contributed by atoms with Gasteiger partial charge in [-0.2, -0.15) is 0 Å². The molecule has 55 heavy (non-hydrogen) atoms. The van der Waals surface area contributed by atoms with Crippen molar-refractivity contribution >= 4 is 52.9 Å². The number of carbonyl (C=O) groups is 4. The fourth-order valence-corrected chi connectivity index (χ4v) is 6.60. The number of nitrogens with zero attached hydrogens (tertiary/aromatic N) is 1. The van der Waals surface area contributed by atoms with Crippen molar-refractivity contribution in [3.8, 4) is 11.3 Å². The average Bonchev–Trinajstić information content (AvgIpc) is 4.01. The number of hydrogen-bond acceptors (Lipinski definition) is 7. The summed E-state index contributed by atoms with van der Waals surface area (Å²) in [6.45, 7) is 12.9. The number of piperidine rings is 1. The Morgan fingerprint density at radius 3 is 2.45 bits per heavy atom. The van der Waals surface area contributed by atoms with Crippen LogP contribution in [0.25, 0.3) is 28.1 Å². The van der Waals surface area contributed by atoms with E-state index in [4.69, 9.17) is 4.74 Å². The van der Waals surface area contributed by atoms with Gasteiger partial charge in [0, 0.05) is 36.6 Å². The zero-order chi connectivity index (χ0) is 40.2. The van der Waals surface area contributed by atoms with Crippen molar-refractivity contribution in [2.45, 2.75) is 95.9 Å². The number of carbonyl (C=O) groups excluding carboxylic acids is 4. The summed E-state index contributed by atoms with van der Waals surface area (Å²) in [4.78, 5) is 65.2. The van der Waals surface area contributed by atoms with E-state index >= 15 is 0 Å². The van der Waals surface area contributed by atoms with Gasteiger partial charge in [-0.05, 0) is 105 Å². The fourth-order valence-electron chi connectivity index (χ4n) is 5.73. The number of rotatable bonds is 16. The van der Waals surface area contributed by atoms with Gasteiger partial charge in [-0.3, -0.25) is 28.7 Å². The third-order valence-corrected chi connectivity index (χ3v) is 9.85. The van der Waals surface area contributed by atoms with E-state index in [9.17, 15) is 24.0 Å². The predicted molar refractivity (Wildman–Crippen MR) is 224 cm³/mol. The number of amides is 4. The highest BCUT2D eigenvalue weighted by atomic mass is 32.2. The molecular formula is C43H59N5O6S. The number of fused-ring (bicyclic) bond motifs is 1. The molecule has 2 aromatic carbocycles. The first-order chi connectivity index (χ1) is 26.4. The van der Waals surface area contributed by atoms with Gasteiger partial charge in [-0.1, -0.05) is 81.5 Å². The van der Waals surface area contributed by atoms with Crippen molar-refractivity contribution in [2.75, 3.05) is 26.8 Å². The molecule has 1 aromatic heterocycles. The summed E-state index contributed by atoms with van der Waals surface area (Å²) in [6, 6.07) is 17.3. The molecule has 4 amide bonds. The number of hydrogen-bond donors (Lipinski definition) is 4. The lowest BCUT2D eigenvalue weighted by molar-refractivity contribution is -0.143. The van der Waals surface area contributed by atoms with E-state index in [1.165, 1.54) is 16.8 Å². The molecule has 1 aliphatic carbocycles. The van der Waals surface area contributed by atoms with Gasteiger partial charge in [0.25, 0.3) is 11.5 Å². The maximum atomic E-state index is 12.9. The lowest BCUT2D eigenvalue weighted by Crippen LogP contribution is -2.61. The van der Waals surface area contributed by atoms with E-state index in [0.717, 1.165) is 73.3 Å². The van der Waals surface area contributed by atoms with Crippen LogP contribution in [0.4, 0.5) is 0 Å². The summed E-state index contributed by atoms with van der Waals surface area (Å²) in [7, 11) is 1.71. The summed E-state index contributed by atoms with van der Waals surface area (Å²) in [5, 5.41) is 7.29. The van der Waals surface area contributed by atoms with Crippen LogP contribution in [0.2, 0.25) is 0 Å². The van der Waals surface area contributed by atoms with Crippen LogP contribution in [0.5, 0.6) is 0 Å². The highest BCUT2D eigenvalue weighted by Crippen LogP contribution is 2.32. The Balaban J connectivity index is 0.000000270. The van der Waals surface area contributed by atoms with Crippen molar-refractivity contribution in [3.05, 3.63) is 89.2 Å². The second kappa shape index (κ2) is 23.3. The minimum atomic E-state index is -1.13. The molecule has 1 saturated heterocycles. The fraction of sp³-hybridized carbons (Fsp3) is 0.465. The van der Waals surface area contributed by atoms with Crippen molar-refractivity contribution in [2.24, 2.45) is 5.92 Å². The van der Waals surface area contributed by atoms with E-state index in [2.05, 4.69) is 59.8 Å². The summed E-state index contributed by atoms with van der Waals surface area (Å²) in [5.74, 6) is -0.102. The Morgan fingerprint density at radius 1 is 1.07 bits per heavy atom. The minimum absolute atomic E-state index is 0.0546. The molecule has 2 heterocycles. The second-order valence-electron chi connectivity index (χ2n) is 14.7. The topological polar surface area (TPSA) is 150 Å². The van der Waals surface area contributed by atoms with Crippen molar-refractivity contribution in [1.29, 1.82) is 0 Å². The summed E-state index contributed by atoms with van der Waals surface area (Å²) in [6.07, 6.45) is 12.8. The number of aromatic amines is 1. The van der Waals surface area contributed by atoms with Crippen LogP contribution < -0.4 is 20.9 Å². The zero-order valence-corrected chi connectivity index (χ0v) is 33.8. The van der Waals surface area contributed by atoms with Crippen LogP contribution >= 0.6 is 11.9 Å². The summed E-state index contributed by atoms with van der Waals surface area (Å²) >= 11 is 1.39. The normalized spacial score (nSPS) is 16.2. The number of allylic oxidation sites excluding steroid dienone is 1. The lowest BCUT2D eigenvalue weighted by atomic mass is 9.94. The quantitative estimate of drug-likeness (QED) is 0.0542. The molecule has 12 heteroatoms. The minimum Gasteiger partial charge on any atom is -0.385 e. The third-order valence-electron chi connectivity index (χ3n) is 8.74. The maximum Gasteiger partial charge on any atom is 0.256 e.